The topological polar surface area (TPSA) is 97.8 Å². The van der Waals surface area contributed by atoms with E-state index in [0.29, 0.717) is 18.7 Å². The number of nitrogens with zero attached hydrogens (tertiary/aromatic N) is 2. The van der Waals surface area contributed by atoms with Crippen molar-refractivity contribution in [1.82, 2.24) is 15.2 Å². The van der Waals surface area contributed by atoms with Crippen molar-refractivity contribution in [2.24, 2.45) is 0 Å². The number of piperidine rings is 1. The number of thiazole rings is 1. The van der Waals surface area contributed by atoms with E-state index >= 15 is 0 Å². The molecule has 0 radical (unpaired) electrons. The summed E-state index contributed by atoms with van der Waals surface area (Å²) in [6.07, 6.45) is 1.63. The predicted octanol–water partition coefficient (Wildman–Crippen LogP) is 4.81. The van der Waals surface area contributed by atoms with Crippen molar-refractivity contribution >= 4 is 29.1 Å². The summed E-state index contributed by atoms with van der Waals surface area (Å²) in [5.74, 6) is 0.0239. The number of carbonyl (C=O) groups is 3. The maximum absolute atomic E-state index is 12.9. The SMILES string of the molecule is CC(C)Oc1ccc(C(=O)N2CCC(c3nc(C(=O)NC(C)C(=O)OCc4ccccc4)cs3)CC2)cc1. The molecule has 38 heavy (non-hydrogen) atoms. The van der Waals surface area contributed by atoms with Gasteiger partial charge < -0.3 is 19.7 Å². The molecule has 200 valence electrons. The van der Waals surface area contributed by atoms with Crippen molar-refractivity contribution in [3.63, 3.8) is 0 Å². The summed E-state index contributed by atoms with van der Waals surface area (Å²) in [7, 11) is 0. The third-order valence-electron chi connectivity index (χ3n) is 6.28. The molecule has 1 aliphatic rings. The van der Waals surface area contributed by atoms with Gasteiger partial charge in [-0.05, 0) is 63.4 Å². The molecule has 0 bridgehead atoms. The molecule has 2 aromatic carbocycles. The Bertz CT molecular complexity index is 1230. The third-order valence-corrected chi connectivity index (χ3v) is 7.29. The van der Waals surface area contributed by atoms with Gasteiger partial charge in [0.1, 0.15) is 24.1 Å². The van der Waals surface area contributed by atoms with Gasteiger partial charge in [0.2, 0.25) is 0 Å². The number of esters is 1. The lowest BCUT2D eigenvalue weighted by molar-refractivity contribution is -0.146. The summed E-state index contributed by atoms with van der Waals surface area (Å²) in [5, 5.41) is 5.26. The summed E-state index contributed by atoms with van der Waals surface area (Å²) in [4.78, 5) is 44.3. The van der Waals surface area contributed by atoms with Crippen LogP contribution in [-0.2, 0) is 16.1 Å². The van der Waals surface area contributed by atoms with Crippen LogP contribution < -0.4 is 10.1 Å². The van der Waals surface area contributed by atoms with Crippen LogP contribution in [0.15, 0.2) is 60.0 Å². The van der Waals surface area contributed by atoms with Gasteiger partial charge in [-0.1, -0.05) is 30.3 Å². The standard InChI is InChI=1S/C29H33N3O5S/c1-19(2)37-24-11-9-23(10-12-24)28(34)32-15-13-22(14-16-32)27-31-25(18-38-27)26(33)30-20(3)29(35)36-17-21-7-5-4-6-8-21/h4-12,18-20,22H,13-17H2,1-3H3,(H,30,33). The van der Waals surface area contributed by atoms with E-state index in [-0.39, 0.29) is 30.2 Å². The quantitative estimate of drug-likeness (QED) is 0.395. The van der Waals surface area contributed by atoms with Gasteiger partial charge in [-0.25, -0.2) is 9.78 Å². The first-order chi connectivity index (χ1) is 18.3. The van der Waals surface area contributed by atoms with Crippen LogP contribution >= 0.6 is 11.3 Å². The fourth-order valence-corrected chi connectivity index (χ4v) is 5.19. The zero-order chi connectivity index (χ0) is 27.1. The van der Waals surface area contributed by atoms with Crippen LogP contribution in [0.4, 0.5) is 0 Å². The highest BCUT2D eigenvalue weighted by Gasteiger charge is 2.27. The average molecular weight is 536 g/mol. The molecule has 0 saturated carbocycles. The molecular formula is C29H33N3O5S. The Morgan fingerprint density at radius 1 is 1.03 bits per heavy atom. The van der Waals surface area contributed by atoms with Crippen molar-refractivity contribution in [3.05, 3.63) is 81.8 Å². The van der Waals surface area contributed by atoms with Crippen molar-refractivity contribution in [1.29, 1.82) is 0 Å². The maximum atomic E-state index is 12.9. The Labute approximate surface area is 227 Å². The summed E-state index contributed by atoms with van der Waals surface area (Å²) < 4.78 is 11.0. The molecule has 3 aromatic rings. The molecule has 1 saturated heterocycles. The number of hydrogen-bond acceptors (Lipinski definition) is 7. The van der Waals surface area contributed by atoms with E-state index in [0.717, 1.165) is 29.2 Å². The van der Waals surface area contributed by atoms with Gasteiger partial charge in [0.15, 0.2) is 0 Å². The molecule has 1 aromatic heterocycles. The Morgan fingerprint density at radius 3 is 2.37 bits per heavy atom. The molecule has 2 heterocycles. The third kappa shape index (κ3) is 7.19. The van der Waals surface area contributed by atoms with Gasteiger partial charge in [0.05, 0.1) is 11.1 Å². The van der Waals surface area contributed by atoms with Crippen LogP contribution in [0.5, 0.6) is 5.75 Å². The zero-order valence-corrected chi connectivity index (χ0v) is 22.7. The molecule has 1 atom stereocenters. The van der Waals surface area contributed by atoms with Gasteiger partial charge in [-0.3, -0.25) is 9.59 Å². The molecule has 0 spiro atoms. The van der Waals surface area contributed by atoms with Crippen molar-refractivity contribution in [2.75, 3.05) is 13.1 Å². The average Bonchev–Trinajstić information content (AvgIpc) is 3.43. The first kappa shape index (κ1) is 27.3. The van der Waals surface area contributed by atoms with Gasteiger partial charge in [-0.2, -0.15) is 0 Å². The Kier molecular flexibility index (Phi) is 9.12. The second-order valence-electron chi connectivity index (χ2n) is 9.62. The van der Waals surface area contributed by atoms with E-state index in [1.54, 1.807) is 24.4 Å². The fourth-order valence-electron chi connectivity index (χ4n) is 4.22. The summed E-state index contributed by atoms with van der Waals surface area (Å²) in [6.45, 7) is 6.92. The highest BCUT2D eigenvalue weighted by atomic mass is 32.1. The number of aromatic nitrogens is 1. The number of carbonyl (C=O) groups excluding carboxylic acids is 3. The first-order valence-electron chi connectivity index (χ1n) is 12.8. The van der Waals surface area contributed by atoms with E-state index in [2.05, 4.69) is 10.3 Å². The molecule has 4 rings (SSSR count). The second-order valence-corrected chi connectivity index (χ2v) is 10.5. The Hall–Kier alpha value is -3.72. The maximum Gasteiger partial charge on any atom is 0.328 e. The van der Waals surface area contributed by atoms with E-state index in [1.165, 1.54) is 11.3 Å². The molecule has 9 heteroatoms. The van der Waals surface area contributed by atoms with Crippen LogP contribution in [-0.4, -0.2) is 52.9 Å². The summed E-state index contributed by atoms with van der Waals surface area (Å²) in [5.41, 5.74) is 1.81. The molecule has 1 aliphatic heterocycles. The minimum absolute atomic E-state index is 0.00638. The molecule has 1 fully saturated rings. The van der Waals surface area contributed by atoms with Crippen LogP contribution in [0, 0.1) is 0 Å². The number of ether oxygens (including phenoxy) is 2. The van der Waals surface area contributed by atoms with Crippen LogP contribution in [0.1, 0.15) is 70.9 Å². The monoisotopic (exact) mass is 535 g/mol. The molecule has 8 nitrogen and oxygen atoms in total. The molecule has 1 unspecified atom stereocenters. The highest BCUT2D eigenvalue weighted by Crippen LogP contribution is 2.31. The lowest BCUT2D eigenvalue weighted by Gasteiger charge is -2.31. The van der Waals surface area contributed by atoms with Crippen molar-refractivity contribution in [2.45, 2.75) is 58.3 Å². The fraction of sp³-hybridized carbons (Fsp3) is 0.379. The van der Waals surface area contributed by atoms with Crippen LogP contribution in [0.2, 0.25) is 0 Å². The number of benzene rings is 2. The van der Waals surface area contributed by atoms with E-state index in [9.17, 15) is 14.4 Å². The smallest absolute Gasteiger partial charge is 0.328 e. The van der Waals surface area contributed by atoms with Crippen molar-refractivity contribution in [3.8, 4) is 5.75 Å². The largest absolute Gasteiger partial charge is 0.491 e. The lowest BCUT2D eigenvalue weighted by atomic mass is 9.97. The van der Waals surface area contributed by atoms with Crippen molar-refractivity contribution < 1.29 is 23.9 Å². The summed E-state index contributed by atoms with van der Waals surface area (Å²) >= 11 is 1.43. The minimum atomic E-state index is -0.795. The molecule has 2 amide bonds. The molecular weight excluding hydrogens is 502 g/mol. The number of hydrogen-bond donors (Lipinski definition) is 1. The van der Waals surface area contributed by atoms with Gasteiger partial charge >= 0.3 is 5.97 Å². The first-order valence-corrected chi connectivity index (χ1v) is 13.7. The Morgan fingerprint density at radius 2 is 1.71 bits per heavy atom. The van der Waals surface area contributed by atoms with Crippen LogP contribution in [0.25, 0.3) is 0 Å². The normalized spacial score (nSPS) is 14.7. The lowest BCUT2D eigenvalue weighted by Crippen LogP contribution is -2.39. The molecule has 1 N–H and O–H groups in total. The van der Waals surface area contributed by atoms with Gasteiger partial charge in [0, 0.05) is 30.0 Å². The van der Waals surface area contributed by atoms with E-state index < -0.39 is 17.9 Å². The zero-order valence-electron chi connectivity index (χ0n) is 21.9. The predicted molar refractivity (Wildman–Crippen MR) is 145 cm³/mol. The van der Waals surface area contributed by atoms with E-state index in [4.69, 9.17) is 9.47 Å². The van der Waals surface area contributed by atoms with E-state index in [1.807, 2.05) is 61.2 Å². The number of nitrogens with one attached hydrogen (secondary N) is 1. The van der Waals surface area contributed by atoms with Gasteiger partial charge in [0.25, 0.3) is 11.8 Å². The molecule has 0 aliphatic carbocycles. The minimum Gasteiger partial charge on any atom is -0.491 e. The second kappa shape index (κ2) is 12.7. The summed E-state index contributed by atoms with van der Waals surface area (Å²) in [6, 6.07) is 15.8. The number of likely N-dealkylation sites (tertiary alicyclic amines) is 1. The van der Waals surface area contributed by atoms with Gasteiger partial charge in [-0.15, -0.1) is 11.3 Å². The number of amides is 2. The highest BCUT2D eigenvalue weighted by molar-refractivity contribution is 7.09. The number of rotatable bonds is 9. The van der Waals surface area contributed by atoms with Crippen LogP contribution in [0.3, 0.4) is 0 Å². The Balaban J connectivity index is 1.25.